The molecule has 0 bridgehead atoms. The maximum atomic E-state index is 5.21. The third-order valence-electron chi connectivity index (χ3n) is 2.69. The van der Waals surface area contributed by atoms with E-state index in [1.54, 1.807) is 0 Å². The van der Waals surface area contributed by atoms with Gasteiger partial charge in [-0.3, -0.25) is 5.10 Å². The quantitative estimate of drug-likeness (QED) is 0.740. The van der Waals surface area contributed by atoms with Gasteiger partial charge in [0.2, 0.25) is 0 Å². The fraction of sp³-hybridized carbons (Fsp3) is 0.778. The second kappa shape index (κ2) is 3.25. The maximum Gasteiger partial charge on any atom is 0.195 e. The topological polar surface area (TPSA) is 33.6 Å². The lowest BCUT2D eigenvalue weighted by Crippen LogP contribution is -2.19. The van der Waals surface area contributed by atoms with Gasteiger partial charge in [0.25, 0.3) is 0 Å². The number of hydrogen-bond donors (Lipinski definition) is 1. The lowest BCUT2D eigenvalue weighted by atomic mass is 9.92. The zero-order chi connectivity index (χ0) is 9.42. The summed E-state index contributed by atoms with van der Waals surface area (Å²) in [7, 11) is 0. The fourth-order valence-electron chi connectivity index (χ4n) is 1.72. The highest BCUT2D eigenvalue weighted by atomic mass is 32.1. The van der Waals surface area contributed by atoms with E-state index in [0.717, 1.165) is 10.6 Å². The molecule has 3 nitrogen and oxygen atoms in total. The van der Waals surface area contributed by atoms with Gasteiger partial charge in [0, 0.05) is 12.0 Å². The number of aromatic amines is 1. The molecule has 1 aromatic heterocycles. The Morgan fingerprint density at radius 1 is 1.54 bits per heavy atom. The van der Waals surface area contributed by atoms with Crippen LogP contribution < -0.4 is 0 Å². The number of nitrogens with zero attached hydrogens (tertiary/aromatic N) is 2. The molecule has 0 unspecified atom stereocenters. The van der Waals surface area contributed by atoms with Gasteiger partial charge in [0.1, 0.15) is 5.82 Å². The van der Waals surface area contributed by atoms with Crippen molar-refractivity contribution < 1.29 is 0 Å². The molecule has 0 aliphatic heterocycles. The molecule has 72 valence electrons. The molecule has 1 N–H and O–H groups in total. The zero-order valence-corrected chi connectivity index (χ0v) is 8.90. The van der Waals surface area contributed by atoms with E-state index in [1.165, 1.54) is 19.3 Å². The molecule has 1 aliphatic carbocycles. The van der Waals surface area contributed by atoms with Crippen LogP contribution in [0, 0.1) is 4.77 Å². The average Bonchev–Trinajstić information content (AvgIpc) is 2.30. The summed E-state index contributed by atoms with van der Waals surface area (Å²) in [6, 6.07) is 0.614. The Kier molecular flexibility index (Phi) is 2.24. The molecule has 1 aromatic rings. The van der Waals surface area contributed by atoms with Crippen molar-refractivity contribution >= 4 is 12.2 Å². The molecule has 1 heterocycles. The van der Waals surface area contributed by atoms with Crippen LogP contribution in [0.1, 0.15) is 50.9 Å². The largest absolute Gasteiger partial charge is 0.301 e. The minimum atomic E-state index is 0.452. The van der Waals surface area contributed by atoms with Crippen LogP contribution in [0.15, 0.2) is 0 Å². The van der Waals surface area contributed by atoms with E-state index in [2.05, 4.69) is 28.6 Å². The molecule has 2 rings (SSSR count). The minimum absolute atomic E-state index is 0.452. The van der Waals surface area contributed by atoms with Gasteiger partial charge in [0.15, 0.2) is 4.77 Å². The van der Waals surface area contributed by atoms with Gasteiger partial charge >= 0.3 is 0 Å². The van der Waals surface area contributed by atoms with Crippen molar-refractivity contribution in [2.45, 2.75) is 45.1 Å². The lowest BCUT2D eigenvalue weighted by molar-refractivity contribution is 0.300. The molecule has 0 saturated heterocycles. The molecule has 1 saturated carbocycles. The monoisotopic (exact) mass is 197 g/mol. The molecule has 1 fully saturated rings. The third-order valence-corrected chi connectivity index (χ3v) is 2.98. The van der Waals surface area contributed by atoms with Gasteiger partial charge in [-0.15, -0.1) is 0 Å². The Labute approximate surface area is 83.2 Å². The highest BCUT2D eigenvalue weighted by Crippen LogP contribution is 2.33. The SMILES string of the molecule is CC(C)c1n[nH]c(=S)n1C1CCC1. The minimum Gasteiger partial charge on any atom is -0.301 e. The zero-order valence-electron chi connectivity index (χ0n) is 8.08. The Hall–Kier alpha value is -0.640. The molecule has 1 aliphatic rings. The maximum absolute atomic E-state index is 5.21. The molecule has 0 atom stereocenters. The number of hydrogen-bond acceptors (Lipinski definition) is 2. The van der Waals surface area contributed by atoms with E-state index in [0.29, 0.717) is 12.0 Å². The molecule has 0 amide bonds. The average molecular weight is 197 g/mol. The van der Waals surface area contributed by atoms with Crippen LogP contribution in [0.2, 0.25) is 0 Å². The standard InChI is InChI=1S/C9H15N3S/c1-6(2)8-10-11-9(13)12(8)7-4-3-5-7/h6-7H,3-5H2,1-2H3,(H,11,13). The molecule has 13 heavy (non-hydrogen) atoms. The van der Waals surface area contributed by atoms with Crippen molar-refractivity contribution in [3.63, 3.8) is 0 Å². The van der Waals surface area contributed by atoms with Crippen molar-refractivity contribution in [2.75, 3.05) is 0 Å². The summed E-state index contributed by atoms with van der Waals surface area (Å²) in [4.78, 5) is 0. The van der Waals surface area contributed by atoms with Crippen LogP contribution in [0.3, 0.4) is 0 Å². The lowest BCUT2D eigenvalue weighted by Gasteiger charge is -2.28. The van der Waals surface area contributed by atoms with Crippen molar-refractivity contribution in [2.24, 2.45) is 0 Å². The first-order valence-corrected chi connectivity index (χ1v) is 5.27. The molecular weight excluding hydrogens is 182 g/mol. The van der Waals surface area contributed by atoms with Gasteiger partial charge in [-0.2, -0.15) is 5.10 Å². The molecule has 0 spiro atoms. The highest BCUT2D eigenvalue weighted by Gasteiger charge is 2.24. The number of H-pyrrole nitrogens is 1. The van der Waals surface area contributed by atoms with Crippen LogP contribution in [-0.4, -0.2) is 14.8 Å². The summed E-state index contributed by atoms with van der Waals surface area (Å²) < 4.78 is 2.98. The first kappa shape index (κ1) is 8.94. The van der Waals surface area contributed by atoms with E-state index in [1.807, 2.05) is 0 Å². The van der Waals surface area contributed by atoms with E-state index in [-0.39, 0.29) is 0 Å². The fourth-order valence-corrected chi connectivity index (χ4v) is 2.01. The number of nitrogens with one attached hydrogen (secondary N) is 1. The molecule has 0 radical (unpaired) electrons. The Balaban J connectivity index is 2.40. The van der Waals surface area contributed by atoms with Crippen molar-refractivity contribution in [3.05, 3.63) is 10.6 Å². The second-order valence-corrected chi connectivity index (χ2v) is 4.38. The van der Waals surface area contributed by atoms with Crippen molar-refractivity contribution in [3.8, 4) is 0 Å². The second-order valence-electron chi connectivity index (χ2n) is 4.00. The smallest absolute Gasteiger partial charge is 0.195 e. The predicted molar refractivity (Wildman–Crippen MR) is 54.4 cm³/mol. The van der Waals surface area contributed by atoms with Gasteiger partial charge in [-0.1, -0.05) is 13.8 Å². The van der Waals surface area contributed by atoms with E-state index < -0.39 is 0 Å². The van der Waals surface area contributed by atoms with Gasteiger partial charge < -0.3 is 4.57 Å². The Morgan fingerprint density at radius 3 is 2.69 bits per heavy atom. The summed E-state index contributed by atoms with van der Waals surface area (Å²) in [5.41, 5.74) is 0. The summed E-state index contributed by atoms with van der Waals surface area (Å²) in [5, 5.41) is 7.15. The van der Waals surface area contributed by atoms with Crippen LogP contribution in [0.5, 0.6) is 0 Å². The first-order chi connectivity index (χ1) is 6.20. The van der Waals surface area contributed by atoms with Crippen molar-refractivity contribution in [1.82, 2.24) is 14.8 Å². The molecular formula is C9H15N3S. The van der Waals surface area contributed by atoms with Crippen molar-refractivity contribution in [1.29, 1.82) is 0 Å². The summed E-state index contributed by atoms with van der Waals surface area (Å²) in [5.74, 6) is 1.56. The first-order valence-electron chi connectivity index (χ1n) is 4.87. The van der Waals surface area contributed by atoms with E-state index in [9.17, 15) is 0 Å². The van der Waals surface area contributed by atoms with Gasteiger partial charge in [-0.25, -0.2) is 0 Å². The van der Waals surface area contributed by atoms with Gasteiger partial charge in [0.05, 0.1) is 0 Å². The molecule has 4 heteroatoms. The Morgan fingerprint density at radius 2 is 2.23 bits per heavy atom. The highest BCUT2D eigenvalue weighted by molar-refractivity contribution is 7.71. The van der Waals surface area contributed by atoms with Crippen LogP contribution >= 0.6 is 12.2 Å². The summed E-state index contributed by atoms with van der Waals surface area (Å²) >= 11 is 5.21. The normalized spacial score (nSPS) is 17.8. The number of aromatic nitrogens is 3. The summed E-state index contributed by atoms with van der Waals surface area (Å²) in [6.07, 6.45) is 3.84. The summed E-state index contributed by atoms with van der Waals surface area (Å²) in [6.45, 7) is 4.31. The van der Waals surface area contributed by atoms with Crippen LogP contribution in [0.25, 0.3) is 0 Å². The third kappa shape index (κ3) is 1.43. The van der Waals surface area contributed by atoms with Gasteiger partial charge in [-0.05, 0) is 31.5 Å². The van der Waals surface area contributed by atoms with E-state index in [4.69, 9.17) is 12.2 Å². The van der Waals surface area contributed by atoms with E-state index >= 15 is 0 Å². The number of rotatable bonds is 2. The molecule has 0 aromatic carbocycles. The predicted octanol–water partition coefficient (Wildman–Crippen LogP) is 2.79. The van der Waals surface area contributed by atoms with Crippen LogP contribution in [-0.2, 0) is 0 Å². The Bertz CT molecular complexity index is 346. The van der Waals surface area contributed by atoms with Crippen LogP contribution in [0.4, 0.5) is 0 Å².